The lowest BCUT2D eigenvalue weighted by Crippen LogP contribution is -2.27. The number of rotatable bonds is 9. The van der Waals surface area contributed by atoms with E-state index in [-0.39, 0.29) is 0 Å². The fraction of sp³-hybridized carbons (Fsp3) is 1.00. The minimum Gasteiger partial charge on any atom is -0.421 e. The van der Waals surface area contributed by atoms with Crippen molar-refractivity contribution in [1.82, 2.24) is 0 Å². The van der Waals surface area contributed by atoms with Gasteiger partial charge in [-0.05, 0) is 38.8 Å². The summed E-state index contributed by atoms with van der Waals surface area (Å²) in [5.74, 6) is 0. The van der Waals surface area contributed by atoms with E-state index < -0.39 is 16.6 Å². The summed E-state index contributed by atoms with van der Waals surface area (Å²) in [6.07, 6.45) is 17.4. The maximum Gasteiger partial charge on any atom is 0.186 e. The molecule has 1 rings (SSSR count). The molecule has 1 aliphatic carbocycles. The molecule has 4 heteroatoms. The molecule has 25 heavy (non-hydrogen) atoms. The van der Waals surface area contributed by atoms with Crippen LogP contribution in [0.2, 0.25) is 38.8 Å². The van der Waals surface area contributed by atoms with E-state index in [1.807, 2.05) is 7.11 Å². The smallest absolute Gasteiger partial charge is 0.186 e. The van der Waals surface area contributed by atoms with Crippen LogP contribution in [0.15, 0.2) is 0 Å². The topological polar surface area (TPSA) is 18.5 Å². The minimum absolute atomic E-state index is 1.13. The fourth-order valence-electron chi connectivity index (χ4n) is 2.49. The minimum atomic E-state index is -1.25. The lowest BCUT2D eigenvalue weighted by molar-refractivity contribution is 0.400. The van der Waals surface area contributed by atoms with Crippen molar-refractivity contribution >= 4 is 16.6 Å². The monoisotopic (exact) mass is 390 g/mol. The summed E-state index contributed by atoms with van der Waals surface area (Å²) in [6.45, 7) is 13.4. The van der Waals surface area contributed by atoms with Crippen molar-refractivity contribution in [1.29, 1.82) is 0 Å². The lowest BCUT2D eigenvalue weighted by atomic mass is 10.0. The van der Waals surface area contributed by atoms with Gasteiger partial charge < -0.3 is 8.85 Å². The van der Waals surface area contributed by atoms with Crippen LogP contribution in [0, 0.1) is 0 Å². The molecule has 1 saturated carbocycles. The molecule has 0 unspecified atom stereocenters. The van der Waals surface area contributed by atoms with Crippen molar-refractivity contribution in [2.24, 2.45) is 0 Å². The number of hydrogen-bond acceptors (Lipinski definition) is 2. The zero-order chi connectivity index (χ0) is 19.6. The highest BCUT2D eigenvalue weighted by molar-refractivity contribution is 6.71. The van der Waals surface area contributed by atoms with Gasteiger partial charge in [-0.2, -0.15) is 0 Å². The molecular weight excluding hydrogens is 340 g/mol. The van der Waals surface area contributed by atoms with Crippen molar-refractivity contribution in [2.45, 2.75) is 123 Å². The first-order chi connectivity index (χ1) is 11.7. The van der Waals surface area contributed by atoms with Gasteiger partial charge in [-0.3, -0.25) is 0 Å². The molecule has 1 aliphatic rings. The Morgan fingerprint density at radius 3 is 1.28 bits per heavy atom. The Labute approximate surface area is 162 Å². The van der Waals surface area contributed by atoms with E-state index in [0.717, 1.165) is 0 Å². The predicted molar refractivity (Wildman–Crippen MR) is 121 cm³/mol. The maximum atomic E-state index is 5.50. The fourth-order valence-corrected chi connectivity index (χ4v) is 3.80. The summed E-state index contributed by atoms with van der Waals surface area (Å²) >= 11 is 0. The van der Waals surface area contributed by atoms with Gasteiger partial charge in [-0.1, -0.05) is 84.0 Å². The van der Waals surface area contributed by atoms with E-state index >= 15 is 0 Å². The highest BCUT2D eigenvalue weighted by Gasteiger charge is 2.18. The molecule has 0 spiro atoms. The summed E-state index contributed by atoms with van der Waals surface area (Å²) in [5, 5.41) is 0. The lowest BCUT2D eigenvalue weighted by Gasteiger charge is -2.19. The largest absolute Gasteiger partial charge is 0.421 e. The van der Waals surface area contributed by atoms with Crippen LogP contribution in [-0.2, 0) is 8.85 Å². The van der Waals surface area contributed by atoms with Gasteiger partial charge in [-0.15, -0.1) is 0 Å². The maximum absolute atomic E-state index is 5.50. The van der Waals surface area contributed by atoms with Gasteiger partial charge in [0.1, 0.15) is 0 Å². The molecule has 0 amide bonds. The first-order valence-electron chi connectivity index (χ1n) is 10.8. The van der Waals surface area contributed by atoms with Crippen molar-refractivity contribution in [3.63, 3.8) is 0 Å². The van der Waals surface area contributed by atoms with E-state index in [1.54, 1.807) is 7.11 Å². The second-order valence-electron chi connectivity index (χ2n) is 8.92. The molecule has 0 saturated heterocycles. The van der Waals surface area contributed by atoms with E-state index in [4.69, 9.17) is 8.85 Å². The van der Waals surface area contributed by atoms with Gasteiger partial charge in [0.25, 0.3) is 0 Å². The molecule has 1 fully saturated rings. The van der Waals surface area contributed by atoms with Gasteiger partial charge in [0.05, 0.1) is 0 Å². The van der Waals surface area contributed by atoms with Crippen molar-refractivity contribution in [3.05, 3.63) is 0 Å². The number of hydrogen-bond donors (Lipinski definition) is 0. The van der Waals surface area contributed by atoms with Crippen LogP contribution in [-0.4, -0.2) is 30.9 Å². The molecule has 0 aromatic heterocycles. The standard InChI is InChI=1S/C11H26OSi.C6H12.C4H12OSi/c1-5-6-7-8-9-10-11-13(3,4)12-2;1-2-4-6-5-3-1;1-5-6(2,3)4/h5-11H2,1-4H3;1-6H2;1-4H3. The van der Waals surface area contributed by atoms with Crippen LogP contribution in [0.4, 0.5) is 0 Å². The second-order valence-corrected chi connectivity index (χ2v) is 18.0. The molecule has 0 aromatic carbocycles. The highest BCUT2D eigenvalue weighted by atomic mass is 28.4. The molecule has 2 nitrogen and oxygen atoms in total. The first-order valence-corrected chi connectivity index (χ1v) is 17.3. The summed E-state index contributed by atoms with van der Waals surface area (Å²) < 4.78 is 10.6. The zero-order valence-electron chi connectivity index (χ0n) is 19.0. The number of unbranched alkanes of at least 4 members (excludes halogenated alkanes) is 5. The molecule has 0 aliphatic heterocycles. The first kappa shape index (κ1) is 27.6. The Morgan fingerprint density at radius 2 is 0.960 bits per heavy atom. The van der Waals surface area contributed by atoms with Crippen molar-refractivity contribution < 1.29 is 8.85 Å². The second kappa shape index (κ2) is 17.8. The molecule has 0 heterocycles. The van der Waals surface area contributed by atoms with Crippen LogP contribution < -0.4 is 0 Å². The van der Waals surface area contributed by atoms with E-state index in [1.165, 1.54) is 83.1 Å². The summed E-state index contributed by atoms with van der Waals surface area (Å²) in [6, 6.07) is 1.33. The van der Waals surface area contributed by atoms with Crippen LogP contribution >= 0.6 is 0 Å². The molecule has 154 valence electrons. The summed E-state index contributed by atoms with van der Waals surface area (Å²) in [7, 11) is 1.26. The molecule has 0 N–H and O–H groups in total. The third-order valence-corrected chi connectivity index (χ3v) is 8.68. The zero-order valence-corrected chi connectivity index (χ0v) is 21.0. The van der Waals surface area contributed by atoms with Gasteiger partial charge in [0.15, 0.2) is 16.6 Å². The molecule has 0 radical (unpaired) electrons. The van der Waals surface area contributed by atoms with Crippen LogP contribution in [0.25, 0.3) is 0 Å². The van der Waals surface area contributed by atoms with Gasteiger partial charge in [0.2, 0.25) is 0 Å². The SMILES string of the molecule is C1CCCCC1.CCCCCCCC[Si](C)(C)OC.CO[Si](C)(C)C. The quantitative estimate of drug-likeness (QED) is 0.293. The highest BCUT2D eigenvalue weighted by Crippen LogP contribution is 2.16. The van der Waals surface area contributed by atoms with Crippen LogP contribution in [0.1, 0.15) is 84.0 Å². The molecular formula is C21H50O2Si2. The Bertz CT molecular complexity index is 248. The van der Waals surface area contributed by atoms with E-state index in [9.17, 15) is 0 Å². The Kier molecular flexibility index (Phi) is 19.6. The van der Waals surface area contributed by atoms with Crippen molar-refractivity contribution in [3.8, 4) is 0 Å². The summed E-state index contributed by atoms with van der Waals surface area (Å²) in [5.41, 5.74) is 0. The third kappa shape index (κ3) is 26.7. The van der Waals surface area contributed by atoms with E-state index in [2.05, 4.69) is 39.7 Å². The molecule has 0 atom stereocenters. The van der Waals surface area contributed by atoms with Crippen LogP contribution in [0.5, 0.6) is 0 Å². The Hall–Kier alpha value is 0.354. The summed E-state index contributed by atoms with van der Waals surface area (Å²) in [4.78, 5) is 0. The van der Waals surface area contributed by atoms with Crippen molar-refractivity contribution in [2.75, 3.05) is 14.2 Å². The normalized spacial score (nSPS) is 14.9. The van der Waals surface area contributed by atoms with E-state index in [0.29, 0.717) is 0 Å². The Balaban J connectivity index is 0. The van der Waals surface area contributed by atoms with Gasteiger partial charge in [0, 0.05) is 14.2 Å². The van der Waals surface area contributed by atoms with Gasteiger partial charge in [-0.25, -0.2) is 0 Å². The Morgan fingerprint density at radius 1 is 0.600 bits per heavy atom. The third-order valence-electron chi connectivity index (χ3n) is 4.80. The average molecular weight is 391 g/mol. The predicted octanol–water partition coefficient (Wildman–Crippen LogP) is 8.01. The molecule has 0 aromatic rings. The molecule has 0 bridgehead atoms. The average Bonchev–Trinajstić information content (AvgIpc) is 2.60. The van der Waals surface area contributed by atoms with Gasteiger partial charge >= 0.3 is 0 Å². The van der Waals surface area contributed by atoms with Crippen LogP contribution in [0.3, 0.4) is 0 Å².